The number of aromatic nitrogens is 2. The third kappa shape index (κ3) is 3.67. The van der Waals surface area contributed by atoms with Gasteiger partial charge in [0, 0.05) is 19.8 Å². The molecule has 28 heavy (non-hydrogen) atoms. The Labute approximate surface area is 164 Å². The molecule has 1 aliphatic carbocycles. The monoisotopic (exact) mass is 379 g/mol. The summed E-state index contributed by atoms with van der Waals surface area (Å²) in [5, 5.41) is 0. The molecule has 3 aromatic rings. The van der Waals surface area contributed by atoms with E-state index in [2.05, 4.69) is 16.3 Å². The quantitative estimate of drug-likeness (QED) is 0.584. The van der Waals surface area contributed by atoms with Gasteiger partial charge in [0.25, 0.3) is 0 Å². The molecule has 4 rings (SSSR count). The lowest BCUT2D eigenvalue weighted by Gasteiger charge is -2.19. The molecule has 2 heterocycles. The van der Waals surface area contributed by atoms with Gasteiger partial charge in [-0.1, -0.05) is 12.1 Å². The van der Waals surface area contributed by atoms with E-state index in [1.165, 1.54) is 20.0 Å². The van der Waals surface area contributed by atoms with E-state index < -0.39 is 0 Å². The summed E-state index contributed by atoms with van der Waals surface area (Å²) in [5.74, 6) is 2.33. The number of anilines is 1. The number of hydrogen-bond donors (Lipinski definition) is 0. The fourth-order valence-electron chi connectivity index (χ4n) is 3.51. The lowest BCUT2D eigenvalue weighted by molar-refractivity contribution is 0.0600. The van der Waals surface area contributed by atoms with E-state index in [-0.39, 0.29) is 5.97 Å². The maximum atomic E-state index is 11.5. The van der Waals surface area contributed by atoms with Crippen LogP contribution in [0.15, 0.2) is 42.6 Å². The Hall–Kier alpha value is -3.02. The van der Waals surface area contributed by atoms with Crippen LogP contribution < -0.4 is 9.64 Å². The summed E-state index contributed by atoms with van der Waals surface area (Å²) < 4.78 is 12.9. The van der Waals surface area contributed by atoms with Gasteiger partial charge in [-0.15, -0.1) is 0 Å². The molecule has 1 saturated carbocycles. The van der Waals surface area contributed by atoms with Crippen molar-refractivity contribution < 1.29 is 14.3 Å². The van der Waals surface area contributed by atoms with Crippen LogP contribution in [0.4, 0.5) is 5.82 Å². The first-order valence-corrected chi connectivity index (χ1v) is 9.55. The molecule has 0 bridgehead atoms. The third-order valence-electron chi connectivity index (χ3n) is 5.12. The minimum Gasteiger partial charge on any atom is -0.485 e. The highest BCUT2D eigenvalue weighted by atomic mass is 16.5. The zero-order chi connectivity index (χ0) is 19.7. The zero-order valence-electron chi connectivity index (χ0n) is 16.5. The average molecular weight is 379 g/mol. The molecule has 0 amide bonds. The summed E-state index contributed by atoms with van der Waals surface area (Å²) in [7, 11) is 3.51. The van der Waals surface area contributed by atoms with Gasteiger partial charge in [0.15, 0.2) is 11.4 Å². The predicted molar refractivity (Wildman–Crippen MR) is 108 cm³/mol. The van der Waals surface area contributed by atoms with Gasteiger partial charge in [0.05, 0.1) is 18.4 Å². The van der Waals surface area contributed by atoms with E-state index in [1.807, 2.05) is 37.4 Å². The molecule has 1 aromatic carbocycles. The largest absolute Gasteiger partial charge is 0.485 e. The Balaban J connectivity index is 1.53. The molecule has 0 aliphatic heterocycles. The molecule has 2 aromatic heterocycles. The van der Waals surface area contributed by atoms with Crippen molar-refractivity contribution in [2.45, 2.75) is 26.4 Å². The molecule has 146 valence electrons. The van der Waals surface area contributed by atoms with E-state index in [4.69, 9.17) is 14.5 Å². The Bertz CT molecular complexity index is 990. The molecule has 0 unspecified atom stereocenters. The van der Waals surface area contributed by atoms with E-state index in [9.17, 15) is 4.79 Å². The number of benzene rings is 1. The molecule has 6 nitrogen and oxygen atoms in total. The van der Waals surface area contributed by atoms with E-state index in [1.54, 1.807) is 12.1 Å². The van der Waals surface area contributed by atoms with Gasteiger partial charge in [-0.25, -0.2) is 9.78 Å². The minimum absolute atomic E-state index is 0.340. The molecule has 1 aliphatic rings. The standard InChI is InChI=1S/C22H25N3O3/c1-15-21(24(2)13-16-6-7-16)25-12-4-5-19(20(25)23-15)28-14-17-8-10-18(11-9-17)22(26)27-3/h4-5,8-12,16H,6-7,13-14H2,1-3H3. The second-order valence-electron chi connectivity index (χ2n) is 7.39. The topological polar surface area (TPSA) is 56.1 Å². The molecule has 1 fully saturated rings. The molecular formula is C22H25N3O3. The van der Waals surface area contributed by atoms with Crippen molar-refractivity contribution in [3.63, 3.8) is 0 Å². The lowest BCUT2D eigenvalue weighted by atomic mass is 10.1. The van der Waals surface area contributed by atoms with Crippen LogP contribution in [0, 0.1) is 12.8 Å². The number of methoxy groups -OCH3 is 1. The van der Waals surface area contributed by atoms with Crippen LogP contribution in [0.5, 0.6) is 5.75 Å². The highest BCUT2D eigenvalue weighted by molar-refractivity contribution is 5.89. The van der Waals surface area contributed by atoms with Crippen molar-refractivity contribution >= 4 is 17.4 Å². The van der Waals surface area contributed by atoms with Gasteiger partial charge in [0.1, 0.15) is 12.4 Å². The Morgan fingerprint density at radius 3 is 2.68 bits per heavy atom. The van der Waals surface area contributed by atoms with E-state index in [0.29, 0.717) is 12.2 Å². The predicted octanol–water partition coefficient (Wildman–Crippen LogP) is 3.85. The fraction of sp³-hybridized carbons (Fsp3) is 0.364. The van der Waals surface area contributed by atoms with Crippen LogP contribution >= 0.6 is 0 Å². The maximum Gasteiger partial charge on any atom is 0.337 e. The van der Waals surface area contributed by atoms with E-state index in [0.717, 1.165) is 40.9 Å². The Morgan fingerprint density at radius 2 is 2.00 bits per heavy atom. The van der Waals surface area contributed by atoms with Gasteiger partial charge in [-0.05, 0) is 55.5 Å². The Morgan fingerprint density at radius 1 is 1.25 bits per heavy atom. The van der Waals surface area contributed by atoms with Gasteiger partial charge in [-0.2, -0.15) is 0 Å². The second-order valence-corrected chi connectivity index (χ2v) is 7.39. The van der Waals surface area contributed by atoms with Crippen molar-refractivity contribution in [1.82, 2.24) is 9.38 Å². The molecule has 0 radical (unpaired) electrons. The number of ether oxygens (including phenoxy) is 2. The summed E-state index contributed by atoms with van der Waals surface area (Å²) in [4.78, 5) is 18.6. The van der Waals surface area contributed by atoms with Crippen molar-refractivity contribution in [1.29, 1.82) is 0 Å². The Kier molecular flexibility index (Phi) is 4.94. The number of pyridine rings is 1. The first kappa shape index (κ1) is 18.3. The van der Waals surface area contributed by atoms with Crippen LogP contribution in [0.1, 0.15) is 34.5 Å². The van der Waals surface area contributed by atoms with E-state index >= 15 is 0 Å². The number of esters is 1. The van der Waals surface area contributed by atoms with Crippen LogP contribution in [0.2, 0.25) is 0 Å². The van der Waals surface area contributed by atoms with Crippen LogP contribution in [0.25, 0.3) is 5.65 Å². The molecular weight excluding hydrogens is 354 g/mol. The van der Waals surface area contributed by atoms with Crippen molar-refractivity contribution in [2.75, 3.05) is 25.6 Å². The van der Waals surface area contributed by atoms with Crippen LogP contribution in [-0.2, 0) is 11.3 Å². The summed E-state index contributed by atoms with van der Waals surface area (Å²) >= 11 is 0. The summed E-state index contributed by atoms with van der Waals surface area (Å²) in [6.45, 7) is 3.51. The van der Waals surface area contributed by atoms with Crippen LogP contribution in [-0.4, -0.2) is 36.1 Å². The summed E-state index contributed by atoms with van der Waals surface area (Å²) in [6.07, 6.45) is 4.68. The number of rotatable bonds is 7. The van der Waals surface area contributed by atoms with Crippen molar-refractivity contribution in [2.24, 2.45) is 5.92 Å². The van der Waals surface area contributed by atoms with Gasteiger partial charge in [0.2, 0.25) is 0 Å². The normalized spacial score (nSPS) is 13.5. The minimum atomic E-state index is -0.340. The second kappa shape index (κ2) is 7.54. The number of carbonyl (C=O) groups is 1. The summed E-state index contributed by atoms with van der Waals surface area (Å²) in [5.41, 5.74) is 3.33. The number of hydrogen-bond acceptors (Lipinski definition) is 5. The zero-order valence-corrected chi connectivity index (χ0v) is 16.5. The molecule has 0 saturated heterocycles. The third-order valence-corrected chi connectivity index (χ3v) is 5.12. The number of nitrogens with zero attached hydrogens (tertiary/aromatic N) is 3. The molecule has 6 heteroatoms. The smallest absolute Gasteiger partial charge is 0.337 e. The highest BCUT2D eigenvalue weighted by Gasteiger charge is 2.25. The van der Waals surface area contributed by atoms with Crippen LogP contribution in [0.3, 0.4) is 0 Å². The number of fused-ring (bicyclic) bond motifs is 1. The first-order valence-electron chi connectivity index (χ1n) is 9.55. The molecule has 0 N–H and O–H groups in total. The fourth-order valence-corrected chi connectivity index (χ4v) is 3.51. The highest BCUT2D eigenvalue weighted by Crippen LogP contribution is 2.33. The van der Waals surface area contributed by atoms with Gasteiger partial charge >= 0.3 is 5.97 Å². The lowest BCUT2D eigenvalue weighted by Crippen LogP contribution is -2.22. The number of aryl methyl sites for hydroxylation is 1. The van der Waals surface area contributed by atoms with Crippen molar-refractivity contribution in [3.05, 3.63) is 59.4 Å². The SMILES string of the molecule is COC(=O)c1ccc(COc2cccn3c(N(C)CC4CC4)c(C)nc23)cc1. The summed E-state index contributed by atoms with van der Waals surface area (Å²) in [6, 6.07) is 11.2. The molecule has 0 spiro atoms. The number of imidazole rings is 1. The van der Waals surface area contributed by atoms with Gasteiger partial charge < -0.3 is 14.4 Å². The first-order chi connectivity index (χ1) is 13.6. The average Bonchev–Trinajstić information content (AvgIpc) is 3.45. The maximum absolute atomic E-state index is 11.5. The van der Waals surface area contributed by atoms with Gasteiger partial charge in [-0.3, -0.25) is 4.40 Å². The van der Waals surface area contributed by atoms with Crippen molar-refractivity contribution in [3.8, 4) is 5.75 Å². The molecule has 0 atom stereocenters. The number of carbonyl (C=O) groups excluding carboxylic acids is 1.